The van der Waals surface area contributed by atoms with Gasteiger partial charge in [-0.25, -0.2) is 0 Å². The van der Waals surface area contributed by atoms with Crippen molar-refractivity contribution >= 4 is 0 Å². The summed E-state index contributed by atoms with van der Waals surface area (Å²) in [6, 6.07) is 13.6. The third-order valence-corrected chi connectivity index (χ3v) is 9.45. The van der Waals surface area contributed by atoms with Crippen LogP contribution < -0.4 is 4.74 Å². The minimum absolute atomic E-state index is 0.470. The fourth-order valence-electron chi connectivity index (χ4n) is 6.81. The molecule has 1 heterocycles. The van der Waals surface area contributed by atoms with Crippen molar-refractivity contribution in [1.82, 2.24) is 9.80 Å². The molecule has 2 N–H and O–H groups in total. The first-order valence-corrected chi connectivity index (χ1v) is 15.2. The number of fused-ring (bicyclic) bond motifs is 2. The van der Waals surface area contributed by atoms with Gasteiger partial charge in [0.1, 0.15) is 11.5 Å². The van der Waals surface area contributed by atoms with Crippen LogP contribution in [0.3, 0.4) is 0 Å². The van der Waals surface area contributed by atoms with Crippen LogP contribution in [-0.2, 0) is 6.42 Å². The molecule has 2 fully saturated rings. The molecule has 2 unspecified atom stereocenters. The third kappa shape index (κ3) is 6.80. The second-order valence-electron chi connectivity index (χ2n) is 12.2. The second kappa shape index (κ2) is 13.0. The van der Waals surface area contributed by atoms with Gasteiger partial charge in [0, 0.05) is 31.6 Å². The Balaban J connectivity index is 1.17. The topological polar surface area (TPSA) is 56.2 Å². The summed E-state index contributed by atoms with van der Waals surface area (Å²) in [4.78, 5) is 4.89. The van der Waals surface area contributed by atoms with Crippen LogP contribution in [0.4, 0.5) is 0 Å². The fourth-order valence-corrected chi connectivity index (χ4v) is 6.81. The molecule has 2 aromatic rings. The summed E-state index contributed by atoms with van der Waals surface area (Å²) in [6.07, 6.45) is 14.5. The normalized spacial score (nSPS) is 20.2. The molecule has 0 radical (unpaired) electrons. The van der Waals surface area contributed by atoms with Crippen molar-refractivity contribution in [3.05, 3.63) is 58.7 Å². The van der Waals surface area contributed by atoms with E-state index in [1.807, 2.05) is 24.3 Å². The molecule has 2 saturated carbocycles. The molecule has 2 atom stereocenters. The molecule has 208 valence electrons. The molecule has 2 aromatic carbocycles. The highest BCUT2D eigenvalue weighted by atomic mass is 16.5. The average molecular weight is 521 g/mol. The van der Waals surface area contributed by atoms with E-state index in [0.29, 0.717) is 12.1 Å². The molecule has 38 heavy (non-hydrogen) atoms. The van der Waals surface area contributed by atoms with E-state index in [1.165, 1.54) is 64.2 Å². The summed E-state index contributed by atoms with van der Waals surface area (Å²) < 4.78 is 6.22. The summed E-state index contributed by atoms with van der Waals surface area (Å²) in [5.74, 6) is 1.74. The van der Waals surface area contributed by atoms with Gasteiger partial charge in [0.25, 0.3) is 0 Å². The molecule has 5 nitrogen and oxygen atoms in total. The molecule has 1 aliphatic heterocycles. The highest BCUT2D eigenvalue weighted by Gasteiger charge is 2.23. The summed E-state index contributed by atoms with van der Waals surface area (Å²) in [6.45, 7) is 1.83. The number of aliphatic hydroxyl groups is 2. The largest absolute Gasteiger partial charge is 0.457 e. The van der Waals surface area contributed by atoms with E-state index in [4.69, 9.17) is 4.74 Å². The monoisotopic (exact) mass is 520 g/mol. The smallest absolute Gasteiger partial charge is 0.130 e. The van der Waals surface area contributed by atoms with Crippen LogP contribution >= 0.6 is 0 Å². The van der Waals surface area contributed by atoms with Crippen molar-refractivity contribution in [1.29, 1.82) is 0 Å². The molecule has 0 saturated heterocycles. The Bertz CT molecular complexity index is 963. The Labute approximate surface area is 229 Å². The lowest BCUT2D eigenvalue weighted by Gasteiger charge is -2.32. The number of benzene rings is 2. The van der Waals surface area contributed by atoms with E-state index in [1.54, 1.807) is 0 Å². The van der Waals surface area contributed by atoms with Gasteiger partial charge in [0.05, 0.1) is 12.2 Å². The summed E-state index contributed by atoms with van der Waals surface area (Å²) in [5.41, 5.74) is 4.15. The van der Waals surface area contributed by atoms with Gasteiger partial charge in [0.15, 0.2) is 0 Å². The predicted molar refractivity (Wildman–Crippen MR) is 154 cm³/mol. The minimum atomic E-state index is -0.470. The van der Waals surface area contributed by atoms with E-state index in [0.717, 1.165) is 66.1 Å². The molecule has 5 rings (SSSR count). The zero-order chi connectivity index (χ0) is 26.5. The van der Waals surface area contributed by atoms with Crippen LogP contribution in [0.1, 0.15) is 112 Å². The fraction of sp³-hybridized carbons (Fsp3) is 0.636. The summed E-state index contributed by atoms with van der Waals surface area (Å²) in [7, 11) is 4.42. The lowest BCUT2D eigenvalue weighted by molar-refractivity contribution is 0.125. The Morgan fingerprint density at radius 3 is 1.53 bits per heavy atom. The molecule has 5 heteroatoms. The summed E-state index contributed by atoms with van der Waals surface area (Å²) >= 11 is 0. The second-order valence-corrected chi connectivity index (χ2v) is 12.2. The average Bonchev–Trinajstić information content (AvgIpc) is 2.97. The molecule has 0 aromatic heterocycles. The SMILES string of the molecule is CN(CCC(O)c1ccc2c(c1)Cc1cc(C(O)CCN(C)C3CCCCC3)ccc1O2)C1CCCCC1. The quantitative estimate of drug-likeness (QED) is 0.309. The summed E-state index contributed by atoms with van der Waals surface area (Å²) in [5, 5.41) is 21.9. The third-order valence-electron chi connectivity index (χ3n) is 9.45. The van der Waals surface area contributed by atoms with Crippen molar-refractivity contribution in [2.45, 2.75) is 108 Å². The highest BCUT2D eigenvalue weighted by Crippen LogP contribution is 2.39. The van der Waals surface area contributed by atoms with Crippen LogP contribution in [-0.4, -0.2) is 59.3 Å². The van der Waals surface area contributed by atoms with Crippen LogP contribution in [0.2, 0.25) is 0 Å². The highest BCUT2D eigenvalue weighted by molar-refractivity contribution is 5.52. The molecule has 0 spiro atoms. The lowest BCUT2D eigenvalue weighted by atomic mass is 9.93. The number of nitrogens with zero attached hydrogens (tertiary/aromatic N) is 2. The first-order valence-electron chi connectivity index (χ1n) is 15.2. The van der Waals surface area contributed by atoms with Crippen molar-refractivity contribution in [3.63, 3.8) is 0 Å². The van der Waals surface area contributed by atoms with Gasteiger partial charge >= 0.3 is 0 Å². The van der Waals surface area contributed by atoms with Gasteiger partial charge in [-0.3, -0.25) is 0 Å². The van der Waals surface area contributed by atoms with E-state index in [2.05, 4.69) is 36.0 Å². The van der Waals surface area contributed by atoms with E-state index in [9.17, 15) is 10.2 Å². The molecule has 0 bridgehead atoms. The Morgan fingerprint density at radius 1 is 0.684 bits per heavy atom. The van der Waals surface area contributed by atoms with Crippen LogP contribution in [0, 0.1) is 0 Å². The van der Waals surface area contributed by atoms with Gasteiger partial charge in [-0.15, -0.1) is 0 Å². The van der Waals surface area contributed by atoms with E-state index < -0.39 is 12.2 Å². The van der Waals surface area contributed by atoms with Crippen molar-refractivity contribution in [3.8, 4) is 11.5 Å². The number of ether oxygens (including phenoxy) is 1. The lowest BCUT2D eigenvalue weighted by Crippen LogP contribution is -2.34. The Morgan fingerprint density at radius 2 is 1.11 bits per heavy atom. The maximum atomic E-state index is 11.0. The Kier molecular flexibility index (Phi) is 9.42. The maximum Gasteiger partial charge on any atom is 0.130 e. The van der Waals surface area contributed by atoms with Gasteiger partial charge in [0.2, 0.25) is 0 Å². The van der Waals surface area contributed by atoms with Crippen molar-refractivity contribution in [2.75, 3.05) is 27.2 Å². The number of aliphatic hydroxyl groups excluding tert-OH is 2. The molecule has 0 amide bonds. The van der Waals surface area contributed by atoms with Crippen LogP contribution in [0.5, 0.6) is 11.5 Å². The van der Waals surface area contributed by atoms with Crippen LogP contribution in [0.25, 0.3) is 0 Å². The maximum absolute atomic E-state index is 11.0. The molecular weight excluding hydrogens is 472 g/mol. The van der Waals surface area contributed by atoms with Crippen molar-refractivity contribution < 1.29 is 14.9 Å². The minimum Gasteiger partial charge on any atom is -0.457 e. The van der Waals surface area contributed by atoms with Gasteiger partial charge in [-0.1, -0.05) is 50.7 Å². The van der Waals surface area contributed by atoms with Crippen molar-refractivity contribution in [2.24, 2.45) is 0 Å². The number of hydrogen-bond acceptors (Lipinski definition) is 5. The standard InChI is InChI=1S/C33H48N2O3/c1-34(28-9-5-3-6-10-28)19-17-30(36)24-13-15-32-26(21-24)23-27-22-25(14-16-33(27)38-32)31(37)18-20-35(2)29-11-7-4-8-12-29/h13-16,21-22,28-31,36-37H,3-12,17-20,23H2,1-2H3. The van der Waals surface area contributed by atoms with Crippen LogP contribution in [0.15, 0.2) is 36.4 Å². The Hall–Kier alpha value is -1.92. The number of hydrogen-bond donors (Lipinski definition) is 2. The molecule has 2 aliphatic carbocycles. The van der Waals surface area contributed by atoms with E-state index >= 15 is 0 Å². The van der Waals surface area contributed by atoms with Gasteiger partial charge < -0.3 is 24.7 Å². The zero-order valence-electron chi connectivity index (χ0n) is 23.6. The van der Waals surface area contributed by atoms with Gasteiger partial charge in [-0.2, -0.15) is 0 Å². The predicted octanol–water partition coefficient (Wildman–Crippen LogP) is 6.76. The van der Waals surface area contributed by atoms with Gasteiger partial charge in [-0.05, 0) is 99.1 Å². The first-order chi connectivity index (χ1) is 18.5. The first kappa shape index (κ1) is 27.6. The molecular formula is C33H48N2O3. The zero-order valence-corrected chi connectivity index (χ0v) is 23.6. The van der Waals surface area contributed by atoms with E-state index in [-0.39, 0.29) is 0 Å². The molecule has 3 aliphatic rings. The number of rotatable bonds is 10.